The van der Waals surface area contributed by atoms with Crippen LogP contribution in [0.2, 0.25) is 0 Å². The molecule has 3 aromatic rings. The smallest absolute Gasteiger partial charge is 0.139 e. The standard InChI is InChI=1S/C28H31PS2/c1-2-31-28(30)27(23-15-7-3-8-16-23)29(24-17-9-4-10-18-24,25-19-11-5-12-20-25)26-21-13-6-14-22-26/h4-6,9-14,17-23H,2-3,7-8,15-16H2,1H3/b28-27+. The van der Waals surface area contributed by atoms with Crippen LogP contribution in [0.5, 0.6) is 0 Å². The van der Waals surface area contributed by atoms with E-state index in [1.807, 2.05) is 11.8 Å². The normalized spacial score (nSPS) is 16.0. The highest BCUT2D eigenvalue weighted by molar-refractivity contribution is 8.12. The molecule has 4 rings (SSSR count). The summed E-state index contributed by atoms with van der Waals surface area (Å²) in [5.41, 5.74) is 0. The van der Waals surface area contributed by atoms with Gasteiger partial charge in [-0.1, -0.05) is 80.8 Å². The van der Waals surface area contributed by atoms with E-state index in [0.717, 1.165) is 9.99 Å². The van der Waals surface area contributed by atoms with Gasteiger partial charge in [-0.2, -0.15) is 11.8 Å². The number of rotatable bonds is 7. The molecule has 160 valence electrons. The van der Waals surface area contributed by atoms with Crippen LogP contribution in [-0.4, -0.2) is 5.75 Å². The fourth-order valence-corrected chi connectivity index (χ4v) is 11.8. The second-order valence-electron chi connectivity index (χ2n) is 8.12. The van der Waals surface area contributed by atoms with Crippen molar-refractivity contribution in [2.24, 2.45) is 5.92 Å². The predicted molar refractivity (Wildman–Crippen MR) is 144 cm³/mol. The first-order chi connectivity index (χ1) is 15.3. The van der Waals surface area contributed by atoms with Gasteiger partial charge in [0, 0.05) is 5.92 Å². The topological polar surface area (TPSA) is 0 Å². The Balaban J connectivity index is 2.10. The lowest BCUT2D eigenvalue weighted by atomic mass is 9.89. The highest BCUT2D eigenvalue weighted by Gasteiger charge is 2.51. The Morgan fingerprint density at radius 2 is 1.16 bits per heavy atom. The molecule has 0 nitrogen and oxygen atoms in total. The van der Waals surface area contributed by atoms with Crippen LogP contribution in [0, 0.1) is 5.92 Å². The Kier molecular flexibility index (Phi) is 7.88. The maximum Gasteiger partial charge on any atom is 0.139 e. The number of hydrogen-bond donors (Lipinski definition) is 0. The van der Waals surface area contributed by atoms with Crippen LogP contribution in [0.25, 0.3) is 0 Å². The first kappa shape index (κ1) is 22.6. The summed E-state index contributed by atoms with van der Waals surface area (Å²) in [5.74, 6) is 1.59. The first-order valence-electron chi connectivity index (χ1n) is 11.4. The third-order valence-electron chi connectivity index (χ3n) is 6.27. The SMILES string of the molecule is CCS/C([S-])=C(\C1CCCCC1)[P+](c1ccccc1)(c1ccccc1)c1ccccc1. The predicted octanol–water partition coefficient (Wildman–Crippen LogP) is 7.03. The van der Waals surface area contributed by atoms with Crippen LogP contribution in [0.3, 0.4) is 0 Å². The number of hydrogen-bond acceptors (Lipinski definition) is 2. The Hall–Kier alpha value is -1.60. The Bertz CT molecular complexity index is 881. The van der Waals surface area contributed by atoms with Crippen LogP contribution in [-0.2, 0) is 12.6 Å². The molecular formula is C28H31PS2. The van der Waals surface area contributed by atoms with E-state index in [-0.39, 0.29) is 0 Å². The first-order valence-corrected chi connectivity index (χ1v) is 14.6. The maximum atomic E-state index is 6.26. The number of benzene rings is 3. The molecule has 0 aliphatic heterocycles. The minimum absolute atomic E-state index is 0.564. The molecule has 0 aromatic heterocycles. The van der Waals surface area contributed by atoms with E-state index < -0.39 is 7.26 Å². The van der Waals surface area contributed by atoms with Crippen molar-refractivity contribution in [3.05, 3.63) is 101 Å². The van der Waals surface area contributed by atoms with Crippen molar-refractivity contribution in [1.82, 2.24) is 0 Å². The van der Waals surface area contributed by atoms with Crippen molar-refractivity contribution in [2.75, 3.05) is 5.75 Å². The zero-order chi connectivity index (χ0) is 21.5. The maximum absolute atomic E-state index is 6.26. The quantitative estimate of drug-likeness (QED) is 0.273. The van der Waals surface area contributed by atoms with Gasteiger partial charge in [-0.05, 0) is 55.0 Å². The monoisotopic (exact) mass is 462 g/mol. The zero-order valence-electron chi connectivity index (χ0n) is 18.2. The molecule has 0 bridgehead atoms. The van der Waals surface area contributed by atoms with E-state index in [1.54, 1.807) is 5.31 Å². The van der Waals surface area contributed by atoms with Crippen molar-refractivity contribution in [2.45, 2.75) is 39.0 Å². The van der Waals surface area contributed by atoms with Crippen molar-refractivity contribution < 1.29 is 0 Å². The fourth-order valence-electron chi connectivity index (χ4n) is 4.98. The minimum atomic E-state index is -2.06. The van der Waals surface area contributed by atoms with Gasteiger partial charge in [0.2, 0.25) is 0 Å². The van der Waals surface area contributed by atoms with Crippen LogP contribution >= 0.6 is 19.0 Å². The van der Waals surface area contributed by atoms with Gasteiger partial charge < -0.3 is 12.6 Å². The van der Waals surface area contributed by atoms with E-state index >= 15 is 0 Å². The van der Waals surface area contributed by atoms with E-state index in [9.17, 15) is 0 Å². The van der Waals surface area contributed by atoms with E-state index in [1.165, 1.54) is 48.0 Å². The summed E-state index contributed by atoms with van der Waals surface area (Å²) in [7, 11) is -2.06. The van der Waals surface area contributed by atoms with Crippen LogP contribution in [0.1, 0.15) is 39.0 Å². The molecule has 1 aliphatic rings. The summed E-state index contributed by atoms with van der Waals surface area (Å²) < 4.78 is 1.14. The molecule has 31 heavy (non-hydrogen) atoms. The van der Waals surface area contributed by atoms with Gasteiger partial charge in [0.1, 0.15) is 23.2 Å². The van der Waals surface area contributed by atoms with Crippen molar-refractivity contribution in [3.63, 3.8) is 0 Å². The molecule has 0 spiro atoms. The molecule has 0 unspecified atom stereocenters. The molecule has 3 heteroatoms. The summed E-state index contributed by atoms with van der Waals surface area (Å²) in [5, 5.41) is 5.82. The third kappa shape index (κ3) is 4.63. The van der Waals surface area contributed by atoms with Gasteiger partial charge in [0.25, 0.3) is 0 Å². The summed E-state index contributed by atoms with van der Waals surface area (Å²) >= 11 is 8.12. The molecule has 0 radical (unpaired) electrons. The van der Waals surface area contributed by atoms with Gasteiger partial charge in [-0.15, -0.1) is 4.24 Å². The van der Waals surface area contributed by atoms with Gasteiger partial charge >= 0.3 is 0 Å². The average molecular weight is 463 g/mol. The number of thioether (sulfide) groups is 1. The zero-order valence-corrected chi connectivity index (χ0v) is 20.8. The fraction of sp³-hybridized carbons (Fsp3) is 0.286. The molecular weight excluding hydrogens is 431 g/mol. The molecule has 1 aliphatic carbocycles. The van der Waals surface area contributed by atoms with Crippen LogP contribution < -0.4 is 15.9 Å². The second-order valence-corrected chi connectivity index (χ2v) is 13.4. The van der Waals surface area contributed by atoms with Gasteiger partial charge in [0.05, 0.1) is 5.31 Å². The molecule has 3 aromatic carbocycles. The lowest BCUT2D eigenvalue weighted by Crippen LogP contribution is -2.35. The Morgan fingerprint density at radius 1 is 0.742 bits per heavy atom. The van der Waals surface area contributed by atoms with Crippen LogP contribution in [0.15, 0.2) is 101 Å². The van der Waals surface area contributed by atoms with Crippen molar-refractivity contribution in [1.29, 1.82) is 0 Å². The lowest BCUT2D eigenvalue weighted by molar-refractivity contribution is 0.414. The van der Waals surface area contributed by atoms with Crippen molar-refractivity contribution >= 4 is 47.6 Å². The van der Waals surface area contributed by atoms with Gasteiger partial charge in [-0.25, -0.2) is 0 Å². The van der Waals surface area contributed by atoms with E-state index in [4.69, 9.17) is 12.6 Å². The Labute approximate surface area is 198 Å². The summed E-state index contributed by atoms with van der Waals surface area (Å²) in [6.45, 7) is 2.23. The van der Waals surface area contributed by atoms with Gasteiger partial charge in [0.15, 0.2) is 0 Å². The summed E-state index contributed by atoms with van der Waals surface area (Å²) in [6, 6.07) is 33.6. The molecule has 1 fully saturated rings. The molecule has 1 saturated carbocycles. The molecule has 0 heterocycles. The molecule has 0 N–H and O–H groups in total. The largest absolute Gasteiger partial charge is 0.770 e. The average Bonchev–Trinajstić information content (AvgIpc) is 2.85. The second kappa shape index (κ2) is 10.8. The summed E-state index contributed by atoms with van der Waals surface area (Å²) in [4.78, 5) is 0. The summed E-state index contributed by atoms with van der Waals surface area (Å²) in [6.07, 6.45) is 6.49. The highest BCUT2D eigenvalue weighted by atomic mass is 32.2. The highest BCUT2D eigenvalue weighted by Crippen LogP contribution is 2.67. The van der Waals surface area contributed by atoms with E-state index in [2.05, 4.69) is 97.9 Å². The van der Waals surface area contributed by atoms with Crippen molar-refractivity contribution in [3.8, 4) is 0 Å². The minimum Gasteiger partial charge on any atom is -0.770 e. The third-order valence-corrected chi connectivity index (χ3v) is 12.4. The molecule has 0 amide bonds. The van der Waals surface area contributed by atoms with Gasteiger partial charge in [-0.3, -0.25) is 0 Å². The van der Waals surface area contributed by atoms with E-state index in [0.29, 0.717) is 5.92 Å². The van der Waals surface area contributed by atoms with Crippen LogP contribution in [0.4, 0.5) is 0 Å². The Morgan fingerprint density at radius 3 is 1.55 bits per heavy atom. The molecule has 0 atom stereocenters. The molecule has 0 saturated heterocycles. The lowest BCUT2D eigenvalue weighted by Gasteiger charge is -2.38. The number of allylic oxidation sites excluding steroid dienone is 1.